The van der Waals surface area contributed by atoms with E-state index in [9.17, 15) is 19.4 Å². The van der Waals surface area contributed by atoms with Crippen LogP contribution in [0.4, 0.5) is 10.1 Å². The van der Waals surface area contributed by atoms with Crippen LogP contribution in [0.1, 0.15) is 12.5 Å². The number of para-hydroxylation sites is 1. The number of hydrogen-bond donors (Lipinski definition) is 4. The molecule has 1 aliphatic rings. The second-order valence-corrected chi connectivity index (χ2v) is 9.00. The summed E-state index contributed by atoms with van der Waals surface area (Å²) in [5.41, 5.74) is 7.38. The van der Waals surface area contributed by atoms with Crippen LogP contribution < -0.4 is 20.7 Å². The van der Waals surface area contributed by atoms with Gasteiger partial charge in [-0.05, 0) is 43.4 Å². The van der Waals surface area contributed by atoms with E-state index in [4.69, 9.17) is 10.5 Å². The highest BCUT2D eigenvalue weighted by molar-refractivity contribution is 5.81. The molecule has 10 heteroatoms. The first kappa shape index (κ1) is 27.8. The number of carbonyl (C=O) groups is 1. The zero-order chi connectivity index (χ0) is 26.1. The summed E-state index contributed by atoms with van der Waals surface area (Å²) < 4.78 is 19.8. The van der Waals surface area contributed by atoms with Crippen molar-refractivity contribution in [2.45, 2.75) is 31.8 Å². The lowest BCUT2D eigenvalue weighted by molar-refractivity contribution is -0.143. The van der Waals surface area contributed by atoms with E-state index in [-0.39, 0.29) is 5.82 Å². The van der Waals surface area contributed by atoms with E-state index in [0.29, 0.717) is 45.0 Å². The number of rotatable bonds is 12. The summed E-state index contributed by atoms with van der Waals surface area (Å²) in [7, 11) is 2.03. The van der Waals surface area contributed by atoms with E-state index in [0.717, 1.165) is 24.4 Å². The van der Waals surface area contributed by atoms with Crippen molar-refractivity contribution in [1.82, 2.24) is 15.1 Å². The second kappa shape index (κ2) is 13.5. The van der Waals surface area contributed by atoms with Gasteiger partial charge in [0.15, 0.2) is 6.10 Å². The number of likely N-dealkylation sites (N-methyl/N-ethyl adjacent to an activating group) is 1. The van der Waals surface area contributed by atoms with Gasteiger partial charge in [-0.1, -0.05) is 31.2 Å². The Labute approximate surface area is 212 Å². The molecule has 1 unspecified atom stereocenters. The molecule has 2 aromatic rings. The molecule has 198 valence electrons. The first-order chi connectivity index (χ1) is 17.3. The summed E-state index contributed by atoms with van der Waals surface area (Å²) in [6, 6.07) is 12.8. The second-order valence-electron chi connectivity index (χ2n) is 9.00. The Balaban J connectivity index is 1.42. The van der Waals surface area contributed by atoms with Crippen molar-refractivity contribution in [1.29, 1.82) is 0 Å². The van der Waals surface area contributed by atoms with Gasteiger partial charge in [-0.25, -0.2) is 4.39 Å². The highest BCUT2D eigenvalue weighted by Crippen LogP contribution is 2.20. The molecule has 3 rings (SSSR count). The molecule has 0 aliphatic carbocycles. The molecule has 2 aromatic carbocycles. The van der Waals surface area contributed by atoms with Crippen LogP contribution >= 0.6 is 0 Å². The van der Waals surface area contributed by atoms with Gasteiger partial charge < -0.3 is 35.4 Å². The summed E-state index contributed by atoms with van der Waals surface area (Å²) in [5.74, 6) is -0.0983. The normalized spacial score (nSPS) is 16.6. The van der Waals surface area contributed by atoms with Crippen molar-refractivity contribution in [2.75, 3.05) is 57.8 Å². The maximum absolute atomic E-state index is 14.0. The van der Waals surface area contributed by atoms with Gasteiger partial charge in [-0.3, -0.25) is 10.1 Å². The monoisotopic (exact) mass is 503 g/mol. The van der Waals surface area contributed by atoms with Gasteiger partial charge in [0.2, 0.25) is 0 Å². The van der Waals surface area contributed by atoms with Gasteiger partial charge in [-0.15, -0.1) is 0 Å². The van der Waals surface area contributed by atoms with Crippen LogP contribution in [-0.2, 0) is 11.3 Å². The quantitative estimate of drug-likeness (QED) is 0.312. The van der Waals surface area contributed by atoms with Crippen molar-refractivity contribution in [2.24, 2.45) is 5.73 Å². The number of nitrogens with one attached hydrogen (secondary N) is 1. The lowest BCUT2D eigenvalue weighted by atomic mass is 10.1. The minimum Gasteiger partial charge on any atom is -0.492 e. The molecule has 9 nitrogen and oxygen atoms in total. The third-order valence-electron chi connectivity index (χ3n) is 6.49. The van der Waals surface area contributed by atoms with Crippen molar-refractivity contribution in [3.63, 3.8) is 0 Å². The van der Waals surface area contributed by atoms with E-state index in [1.54, 1.807) is 18.2 Å². The van der Waals surface area contributed by atoms with E-state index < -0.39 is 24.3 Å². The van der Waals surface area contributed by atoms with Crippen LogP contribution in [0.3, 0.4) is 0 Å². The predicted octanol–water partition coefficient (Wildman–Crippen LogP) is 0.601. The van der Waals surface area contributed by atoms with Gasteiger partial charge in [0, 0.05) is 39.3 Å². The summed E-state index contributed by atoms with van der Waals surface area (Å²) in [5, 5.41) is 23.8. The first-order valence-electron chi connectivity index (χ1n) is 12.3. The highest BCUT2D eigenvalue weighted by atomic mass is 19.1. The number of nitrogens with two attached hydrogens (primary N) is 1. The Hall–Kier alpha value is -2.76. The Bertz CT molecular complexity index is 956. The number of amides is 1. The number of aliphatic hydroxyl groups excluding tert-OH is 2. The number of anilines is 1. The van der Waals surface area contributed by atoms with Crippen molar-refractivity contribution in [3.05, 3.63) is 59.9 Å². The van der Waals surface area contributed by atoms with Crippen LogP contribution in [0.2, 0.25) is 0 Å². The molecule has 1 saturated heterocycles. The van der Waals surface area contributed by atoms with Gasteiger partial charge >= 0.3 is 0 Å². The minimum absolute atomic E-state index is 0.302. The van der Waals surface area contributed by atoms with Gasteiger partial charge in [-0.2, -0.15) is 0 Å². The molecule has 0 aromatic heterocycles. The molecule has 3 atom stereocenters. The fraction of sp³-hybridized carbons (Fsp3) is 0.500. The van der Waals surface area contributed by atoms with E-state index >= 15 is 0 Å². The maximum atomic E-state index is 14.0. The van der Waals surface area contributed by atoms with Crippen molar-refractivity contribution >= 4 is 11.6 Å². The smallest absolute Gasteiger partial charge is 0.253 e. The lowest BCUT2D eigenvalue weighted by Gasteiger charge is -2.38. The Morgan fingerprint density at radius 3 is 2.44 bits per heavy atom. The molecule has 36 heavy (non-hydrogen) atoms. The summed E-state index contributed by atoms with van der Waals surface area (Å²) in [4.78, 5) is 18.3. The average Bonchev–Trinajstić information content (AvgIpc) is 2.91. The third kappa shape index (κ3) is 7.62. The van der Waals surface area contributed by atoms with E-state index in [2.05, 4.69) is 17.1 Å². The number of nitrogens with zero attached hydrogens (tertiary/aromatic N) is 3. The Morgan fingerprint density at radius 1 is 1.14 bits per heavy atom. The molecule has 1 amide bonds. The van der Waals surface area contributed by atoms with Crippen LogP contribution in [0.5, 0.6) is 5.75 Å². The molecule has 0 bridgehead atoms. The Morgan fingerprint density at radius 2 is 1.81 bits per heavy atom. The highest BCUT2D eigenvalue weighted by Gasteiger charge is 2.33. The molecule has 1 aliphatic heterocycles. The molecule has 0 saturated carbocycles. The van der Waals surface area contributed by atoms with E-state index in [1.165, 1.54) is 11.0 Å². The van der Waals surface area contributed by atoms with Crippen molar-refractivity contribution < 1.29 is 24.1 Å². The number of halogens is 1. The zero-order valence-corrected chi connectivity index (χ0v) is 21.0. The molecular formula is C26H38FN5O4. The largest absolute Gasteiger partial charge is 0.492 e. The van der Waals surface area contributed by atoms with Crippen LogP contribution in [0, 0.1) is 5.82 Å². The van der Waals surface area contributed by atoms with Gasteiger partial charge in [0.05, 0.1) is 11.7 Å². The molecule has 1 fully saturated rings. The molecule has 0 radical (unpaired) electrons. The summed E-state index contributed by atoms with van der Waals surface area (Å²) in [6.07, 6.45) is -2.85. The van der Waals surface area contributed by atoms with Crippen LogP contribution in [-0.4, -0.2) is 97.2 Å². The van der Waals surface area contributed by atoms with Crippen LogP contribution in [0.15, 0.2) is 48.5 Å². The minimum atomic E-state index is -1.57. The zero-order valence-electron chi connectivity index (χ0n) is 21.0. The maximum Gasteiger partial charge on any atom is 0.253 e. The lowest BCUT2D eigenvalue weighted by Crippen LogP contribution is -2.59. The third-order valence-corrected chi connectivity index (χ3v) is 6.49. The van der Waals surface area contributed by atoms with Crippen molar-refractivity contribution in [3.8, 4) is 5.75 Å². The molecule has 5 N–H and O–H groups in total. The SMILES string of the molecule is CCN(C)CCOc1ccc(CNC(O)[C@H](N)[C@@H](O)C(=O)N2CCN(c3ccccc3F)CC2)cc1. The number of carbonyl (C=O) groups excluding carboxylic acids is 1. The molecule has 1 heterocycles. The summed E-state index contributed by atoms with van der Waals surface area (Å²) >= 11 is 0. The predicted molar refractivity (Wildman–Crippen MR) is 137 cm³/mol. The number of benzene rings is 2. The number of piperazine rings is 1. The standard InChI is InChI=1S/C26H38FN5O4/c1-3-30(2)16-17-36-20-10-8-19(9-11-20)18-29-25(34)23(28)24(33)26(35)32-14-12-31(13-15-32)22-7-5-4-6-21(22)27/h4-11,23-25,29,33-34H,3,12-18,28H2,1-2H3/t23-,24-,25?/m1/s1. The fourth-order valence-corrected chi connectivity index (χ4v) is 3.94. The Kier molecular flexibility index (Phi) is 10.4. The number of aliphatic hydroxyl groups is 2. The molecule has 0 spiro atoms. The number of ether oxygens (including phenoxy) is 1. The van der Waals surface area contributed by atoms with Gasteiger partial charge in [0.1, 0.15) is 24.4 Å². The van der Waals surface area contributed by atoms with E-state index in [1.807, 2.05) is 36.2 Å². The molecular weight excluding hydrogens is 465 g/mol. The fourth-order valence-electron chi connectivity index (χ4n) is 3.94. The summed E-state index contributed by atoms with van der Waals surface area (Å²) in [6.45, 7) is 6.31. The van der Waals surface area contributed by atoms with Crippen LogP contribution in [0.25, 0.3) is 0 Å². The average molecular weight is 504 g/mol. The topological polar surface area (TPSA) is 115 Å². The number of hydrogen-bond acceptors (Lipinski definition) is 8. The first-order valence-corrected chi connectivity index (χ1v) is 12.3. The van der Waals surface area contributed by atoms with Gasteiger partial charge in [0.25, 0.3) is 5.91 Å².